The molecule has 0 aromatic carbocycles. The molecule has 0 aliphatic heterocycles. The molecule has 0 atom stereocenters. The molecule has 0 aromatic heterocycles. The van der Waals surface area contributed by atoms with Crippen LogP contribution in [-0.2, 0) is 20.8 Å². The van der Waals surface area contributed by atoms with E-state index in [0.29, 0.717) is 19.6 Å². The van der Waals surface area contributed by atoms with E-state index < -0.39 is 20.8 Å². The topological polar surface area (TPSA) is 230 Å². The van der Waals surface area contributed by atoms with Gasteiger partial charge >= 0.3 is 20.8 Å². The second kappa shape index (κ2) is 13.6. The largest absolute Gasteiger partial charge is 0.394 e. The van der Waals surface area contributed by atoms with Crippen LogP contribution in [0.15, 0.2) is 0 Å². The number of nitrogens with two attached hydrogens (primary N) is 3. The van der Waals surface area contributed by atoms with Crippen LogP contribution in [0.5, 0.6) is 0 Å². The normalized spacial score (nSPS) is 11.2. The summed E-state index contributed by atoms with van der Waals surface area (Å²) < 4.78 is 63.2. The summed E-state index contributed by atoms with van der Waals surface area (Å²) in [6.45, 7) is 4.73. The van der Waals surface area contributed by atoms with Crippen molar-refractivity contribution in [1.29, 1.82) is 0 Å². The van der Waals surface area contributed by atoms with E-state index in [4.69, 9.17) is 52.2 Å². The molecule has 0 heterocycles. The summed E-state index contributed by atoms with van der Waals surface area (Å²) in [5.74, 6) is 0. The fourth-order valence-electron chi connectivity index (χ4n) is 0.883. The second-order valence-corrected chi connectivity index (χ2v) is 4.89. The minimum Gasteiger partial charge on any atom is -0.329 e. The standard InChI is InChI=1S/C6H18N4.2H2O4S/c7-1-4-10(5-2-8)6-3-9;2*1-5(2,3)4/h1-9H2;2*(H2,1,2,3,4). The third kappa shape index (κ3) is 65.6. The van der Waals surface area contributed by atoms with Gasteiger partial charge in [0.25, 0.3) is 0 Å². The molecule has 0 unspecified atom stereocenters. The monoisotopic (exact) mass is 342 g/mol. The van der Waals surface area contributed by atoms with E-state index in [0.717, 1.165) is 19.6 Å². The van der Waals surface area contributed by atoms with Crippen LogP contribution in [0.3, 0.4) is 0 Å². The maximum Gasteiger partial charge on any atom is 0.394 e. The highest BCUT2D eigenvalue weighted by Crippen LogP contribution is 1.81. The molecule has 0 fully saturated rings. The van der Waals surface area contributed by atoms with Gasteiger partial charge in [-0.1, -0.05) is 0 Å². The molecule has 20 heavy (non-hydrogen) atoms. The molecule has 0 bridgehead atoms. The summed E-state index contributed by atoms with van der Waals surface area (Å²) in [6.07, 6.45) is 0. The number of hydrogen-bond acceptors (Lipinski definition) is 8. The Hall–Kier alpha value is -0.420. The van der Waals surface area contributed by atoms with Gasteiger partial charge in [-0.25, -0.2) is 0 Å². The molecule has 0 spiro atoms. The van der Waals surface area contributed by atoms with Crippen LogP contribution in [0.2, 0.25) is 0 Å². The van der Waals surface area contributed by atoms with Crippen LogP contribution in [0.25, 0.3) is 0 Å². The van der Waals surface area contributed by atoms with Crippen LogP contribution in [0.4, 0.5) is 0 Å². The smallest absolute Gasteiger partial charge is 0.329 e. The van der Waals surface area contributed by atoms with Crippen molar-refractivity contribution < 1.29 is 35.0 Å². The van der Waals surface area contributed by atoms with E-state index in [-0.39, 0.29) is 0 Å². The molecular weight excluding hydrogens is 320 g/mol. The van der Waals surface area contributed by atoms with Crippen LogP contribution in [0.1, 0.15) is 0 Å². The second-order valence-electron chi connectivity index (χ2n) is 3.10. The maximum atomic E-state index is 8.74. The van der Waals surface area contributed by atoms with Crippen molar-refractivity contribution in [3.63, 3.8) is 0 Å². The highest BCUT2D eigenvalue weighted by atomic mass is 32.3. The molecule has 10 N–H and O–H groups in total. The van der Waals surface area contributed by atoms with Crippen LogP contribution in [-0.4, -0.2) is 79.2 Å². The minimum absolute atomic E-state index is 0.681. The Kier molecular flexibility index (Phi) is 16.7. The lowest BCUT2D eigenvalue weighted by Gasteiger charge is -2.18. The fraction of sp³-hybridized carbons (Fsp3) is 1.00. The summed E-state index contributed by atoms with van der Waals surface area (Å²) in [5, 5.41) is 0. The SMILES string of the molecule is NCCN(CCN)CCN.O=S(=O)(O)O.O=S(=O)(O)O. The van der Waals surface area contributed by atoms with Gasteiger partial charge in [0.05, 0.1) is 0 Å². The number of rotatable bonds is 6. The Labute approximate surface area is 118 Å². The van der Waals surface area contributed by atoms with Gasteiger partial charge in [0.2, 0.25) is 0 Å². The maximum absolute atomic E-state index is 8.74. The van der Waals surface area contributed by atoms with E-state index >= 15 is 0 Å². The molecule has 0 rings (SSSR count). The van der Waals surface area contributed by atoms with E-state index in [1.165, 1.54) is 0 Å². The van der Waals surface area contributed by atoms with Gasteiger partial charge in [-0.2, -0.15) is 16.8 Å². The first-order chi connectivity index (χ1) is 8.85. The van der Waals surface area contributed by atoms with Crippen LogP contribution < -0.4 is 17.2 Å². The lowest BCUT2D eigenvalue weighted by molar-refractivity contribution is 0.297. The summed E-state index contributed by atoms with van der Waals surface area (Å²) in [7, 11) is -9.33. The zero-order valence-corrected chi connectivity index (χ0v) is 12.3. The van der Waals surface area contributed by atoms with E-state index in [1.54, 1.807) is 0 Å². The van der Waals surface area contributed by atoms with Gasteiger partial charge in [0.15, 0.2) is 0 Å². The summed E-state index contributed by atoms with van der Waals surface area (Å²) >= 11 is 0. The molecular formula is C6H22N4O8S2. The molecule has 0 amide bonds. The Bertz CT molecular complexity index is 337. The number of nitrogens with zero attached hydrogens (tertiary/aromatic N) is 1. The van der Waals surface area contributed by atoms with E-state index in [2.05, 4.69) is 4.90 Å². The molecule has 126 valence electrons. The van der Waals surface area contributed by atoms with Crippen molar-refractivity contribution in [3.8, 4) is 0 Å². The Morgan fingerprint density at radius 2 is 0.800 bits per heavy atom. The first kappa shape index (κ1) is 24.6. The lowest BCUT2D eigenvalue weighted by atomic mass is 10.4. The highest BCUT2D eigenvalue weighted by Gasteiger charge is 1.98. The Balaban J connectivity index is -0.000000244. The molecule has 0 radical (unpaired) electrons. The molecule has 0 saturated carbocycles. The first-order valence-electron chi connectivity index (χ1n) is 5.07. The van der Waals surface area contributed by atoms with Crippen molar-refractivity contribution >= 4 is 20.8 Å². The lowest BCUT2D eigenvalue weighted by Crippen LogP contribution is -2.37. The van der Waals surface area contributed by atoms with Crippen molar-refractivity contribution in [1.82, 2.24) is 4.90 Å². The first-order valence-corrected chi connectivity index (χ1v) is 7.86. The highest BCUT2D eigenvalue weighted by molar-refractivity contribution is 7.80. The molecule has 12 nitrogen and oxygen atoms in total. The average molecular weight is 342 g/mol. The quantitative estimate of drug-likeness (QED) is 0.237. The third-order valence-corrected chi connectivity index (χ3v) is 1.34. The average Bonchev–Trinajstić information content (AvgIpc) is 2.13. The van der Waals surface area contributed by atoms with Crippen LogP contribution in [0, 0.1) is 0 Å². The summed E-state index contributed by atoms with van der Waals surface area (Å²) in [6, 6.07) is 0. The van der Waals surface area contributed by atoms with Gasteiger partial charge < -0.3 is 17.2 Å². The molecule has 0 aliphatic carbocycles. The van der Waals surface area contributed by atoms with Crippen molar-refractivity contribution in [2.45, 2.75) is 0 Å². The summed E-state index contributed by atoms with van der Waals surface area (Å²) in [5.41, 5.74) is 16.1. The third-order valence-electron chi connectivity index (χ3n) is 1.34. The van der Waals surface area contributed by atoms with Crippen LogP contribution >= 0.6 is 0 Å². The van der Waals surface area contributed by atoms with Gasteiger partial charge in [-0.05, 0) is 0 Å². The Morgan fingerprint density at radius 3 is 0.900 bits per heavy atom. The van der Waals surface area contributed by atoms with Gasteiger partial charge in [0, 0.05) is 39.3 Å². The van der Waals surface area contributed by atoms with Crippen molar-refractivity contribution in [2.75, 3.05) is 39.3 Å². The molecule has 14 heteroatoms. The van der Waals surface area contributed by atoms with Gasteiger partial charge in [0.1, 0.15) is 0 Å². The van der Waals surface area contributed by atoms with E-state index in [1.807, 2.05) is 0 Å². The molecule has 0 aliphatic rings. The molecule has 0 saturated heterocycles. The summed E-state index contributed by atoms with van der Waals surface area (Å²) in [4.78, 5) is 2.17. The Morgan fingerprint density at radius 1 is 0.650 bits per heavy atom. The van der Waals surface area contributed by atoms with Crippen molar-refractivity contribution in [3.05, 3.63) is 0 Å². The van der Waals surface area contributed by atoms with Gasteiger partial charge in [-0.15, -0.1) is 0 Å². The zero-order valence-electron chi connectivity index (χ0n) is 10.7. The zero-order chi connectivity index (χ0) is 16.8. The van der Waals surface area contributed by atoms with Crippen molar-refractivity contribution in [2.24, 2.45) is 17.2 Å². The predicted molar refractivity (Wildman–Crippen MR) is 72.0 cm³/mol. The van der Waals surface area contributed by atoms with E-state index in [9.17, 15) is 0 Å². The number of hydrogen-bond donors (Lipinski definition) is 7. The minimum atomic E-state index is -4.67. The predicted octanol–water partition coefficient (Wildman–Crippen LogP) is -3.14. The fourth-order valence-corrected chi connectivity index (χ4v) is 0.883. The van der Waals surface area contributed by atoms with Gasteiger partial charge in [-0.3, -0.25) is 23.1 Å². The molecule has 0 aromatic rings.